The largest absolute Gasteiger partial charge is 0.444 e. The van der Waals surface area contributed by atoms with E-state index in [1.807, 2.05) is 0 Å². The first kappa shape index (κ1) is 18.7. The highest BCUT2D eigenvalue weighted by atomic mass is 32.1. The highest BCUT2D eigenvalue weighted by Gasteiger charge is 2.40. The van der Waals surface area contributed by atoms with Crippen molar-refractivity contribution in [3.05, 3.63) is 10.6 Å². The molecular weight excluding hydrogens is 325 g/mol. The average molecular weight is 342 g/mol. The Balaban J connectivity index is 3.01. The zero-order valence-corrected chi connectivity index (χ0v) is 13.3. The Morgan fingerprint density at radius 2 is 2.00 bits per heavy atom. The molecule has 0 aliphatic carbocycles. The first-order valence-electron chi connectivity index (χ1n) is 6.31. The van der Waals surface area contributed by atoms with Gasteiger partial charge >= 0.3 is 12.3 Å². The zero-order chi connectivity index (χ0) is 17.1. The number of hydrogen-bond acceptors (Lipinski definition) is 6. The van der Waals surface area contributed by atoms with Gasteiger partial charge in [0.15, 0.2) is 17.1 Å². The third-order valence-corrected chi connectivity index (χ3v) is 3.08. The fraction of sp³-hybridized carbons (Fsp3) is 0.667. The topological polar surface area (TPSA) is 80.7 Å². The van der Waals surface area contributed by atoms with Gasteiger partial charge in [-0.25, -0.2) is 9.78 Å². The Bertz CT molecular complexity index is 525. The molecule has 0 fully saturated rings. The second-order valence-corrected chi connectivity index (χ2v) is 6.19. The van der Waals surface area contributed by atoms with Crippen LogP contribution in [0.1, 0.15) is 44.6 Å². The molecule has 1 aromatic rings. The third-order valence-electron chi connectivity index (χ3n) is 2.08. The predicted octanol–water partition coefficient (Wildman–Crippen LogP) is 3.54. The van der Waals surface area contributed by atoms with E-state index in [1.54, 1.807) is 20.8 Å². The number of hydrogen-bond donors (Lipinski definition) is 2. The van der Waals surface area contributed by atoms with Crippen LogP contribution in [0, 0.1) is 0 Å². The van der Waals surface area contributed by atoms with E-state index in [4.69, 9.17) is 9.47 Å². The van der Waals surface area contributed by atoms with E-state index in [-0.39, 0.29) is 11.7 Å². The first-order chi connectivity index (χ1) is 9.94. The van der Waals surface area contributed by atoms with Gasteiger partial charge in [-0.05, 0) is 27.7 Å². The molecule has 0 radical (unpaired) electrons. The summed E-state index contributed by atoms with van der Waals surface area (Å²) in [4.78, 5) is 14.3. The van der Waals surface area contributed by atoms with Crippen LogP contribution in [-0.2, 0) is 15.7 Å². The van der Waals surface area contributed by atoms with Gasteiger partial charge in [0.1, 0.15) is 5.60 Å². The fourth-order valence-electron chi connectivity index (χ4n) is 1.38. The Hall–Kier alpha value is -1.39. The van der Waals surface area contributed by atoms with Crippen molar-refractivity contribution in [3.63, 3.8) is 0 Å². The number of halogens is 3. The van der Waals surface area contributed by atoms with Gasteiger partial charge in [0.25, 0.3) is 0 Å². The average Bonchev–Trinajstić information content (AvgIpc) is 2.70. The van der Waals surface area contributed by atoms with Crippen LogP contribution in [0.3, 0.4) is 0 Å². The number of carbonyl (C=O) groups excluding carboxylic acids is 1. The van der Waals surface area contributed by atoms with Gasteiger partial charge in [0.2, 0.25) is 0 Å². The van der Waals surface area contributed by atoms with E-state index in [1.165, 1.54) is 6.92 Å². The summed E-state index contributed by atoms with van der Waals surface area (Å²) in [5.41, 5.74) is -2.11. The second-order valence-electron chi connectivity index (χ2n) is 5.16. The number of aliphatic hydroxyl groups is 1. The van der Waals surface area contributed by atoms with Crippen LogP contribution < -0.4 is 5.32 Å². The van der Waals surface area contributed by atoms with E-state index in [0.29, 0.717) is 11.3 Å². The summed E-state index contributed by atoms with van der Waals surface area (Å²) in [6.07, 6.45) is -7.49. The zero-order valence-electron chi connectivity index (χ0n) is 12.4. The number of amides is 1. The molecule has 0 aliphatic heterocycles. The lowest BCUT2D eigenvalue weighted by molar-refractivity contribution is -0.148. The molecule has 0 saturated heterocycles. The summed E-state index contributed by atoms with van der Waals surface area (Å²) in [5.74, 6) is 0. The summed E-state index contributed by atoms with van der Waals surface area (Å²) >= 11 is 0.471. The molecular formula is C12H17F3N2O4S. The van der Waals surface area contributed by atoms with Crippen molar-refractivity contribution in [1.29, 1.82) is 0 Å². The fourth-order valence-corrected chi connectivity index (χ4v) is 2.29. The van der Waals surface area contributed by atoms with E-state index < -0.39 is 34.7 Å². The van der Waals surface area contributed by atoms with Crippen LogP contribution in [0.2, 0.25) is 0 Å². The maximum Gasteiger partial charge on any atom is 0.434 e. The summed E-state index contributed by atoms with van der Waals surface area (Å²) in [5, 5.41) is 11.4. The van der Waals surface area contributed by atoms with Crippen LogP contribution in [0.4, 0.5) is 23.1 Å². The number of carbonyl (C=O) groups is 1. The Kier molecular flexibility index (Phi) is 5.76. The quantitative estimate of drug-likeness (QED) is 0.818. The second kappa shape index (κ2) is 6.80. The van der Waals surface area contributed by atoms with Crippen molar-refractivity contribution in [1.82, 2.24) is 4.98 Å². The van der Waals surface area contributed by atoms with Gasteiger partial charge in [-0.15, -0.1) is 0 Å². The lowest BCUT2D eigenvalue weighted by Gasteiger charge is -2.18. The Labute approximate surface area is 129 Å². The molecule has 1 unspecified atom stereocenters. The van der Waals surface area contributed by atoms with Crippen molar-refractivity contribution in [2.45, 2.75) is 45.8 Å². The van der Waals surface area contributed by atoms with Crippen molar-refractivity contribution >= 4 is 22.6 Å². The van der Waals surface area contributed by atoms with Crippen LogP contribution in [0.15, 0.2) is 0 Å². The molecule has 1 heterocycles. The summed E-state index contributed by atoms with van der Waals surface area (Å²) in [6, 6.07) is 0. The molecule has 22 heavy (non-hydrogen) atoms. The predicted molar refractivity (Wildman–Crippen MR) is 73.6 cm³/mol. The number of rotatable bonds is 4. The minimum atomic E-state index is -4.78. The van der Waals surface area contributed by atoms with Gasteiger partial charge in [-0.1, -0.05) is 11.3 Å². The standard InChI is InChI=1S/C12H17F3N2O4S/c1-5-20-8(18)6-7(12(13,14)15)16-9(22-6)17-10(19)21-11(2,3)4/h8,18H,5H2,1-4H3,(H,16,17,19). The number of anilines is 1. The number of aromatic nitrogens is 1. The van der Waals surface area contributed by atoms with Gasteiger partial charge in [-0.2, -0.15) is 13.2 Å². The third kappa shape index (κ3) is 5.43. The van der Waals surface area contributed by atoms with Gasteiger partial charge in [-0.3, -0.25) is 5.32 Å². The Morgan fingerprint density at radius 1 is 1.41 bits per heavy atom. The van der Waals surface area contributed by atoms with Crippen molar-refractivity contribution in [3.8, 4) is 0 Å². The van der Waals surface area contributed by atoms with Gasteiger partial charge < -0.3 is 14.6 Å². The smallest absolute Gasteiger partial charge is 0.434 e. The first-order valence-corrected chi connectivity index (χ1v) is 7.13. The van der Waals surface area contributed by atoms with Gasteiger partial charge in [0, 0.05) is 6.61 Å². The minimum Gasteiger partial charge on any atom is -0.444 e. The number of nitrogens with one attached hydrogen (secondary N) is 1. The van der Waals surface area contributed by atoms with Gasteiger partial charge in [0.05, 0.1) is 4.88 Å². The molecule has 0 saturated carbocycles. The number of ether oxygens (including phenoxy) is 2. The van der Waals surface area contributed by atoms with E-state index in [2.05, 4.69) is 10.3 Å². The maximum atomic E-state index is 12.9. The molecule has 2 N–H and O–H groups in total. The van der Waals surface area contributed by atoms with Crippen molar-refractivity contribution in [2.75, 3.05) is 11.9 Å². The number of aliphatic hydroxyl groups excluding tert-OH is 1. The van der Waals surface area contributed by atoms with E-state index in [0.717, 1.165) is 0 Å². The molecule has 0 aliphatic rings. The molecule has 0 spiro atoms. The normalized spacial score (nSPS) is 13.8. The number of thiazole rings is 1. The molecule has 1 atom stereocenters. The molecule has 1 amide bonds. The van der Waals surface area contributed by atoms with Crippen molar-refractivity contribution in [2.24, 2.45) is 0 Å². The summed E-state index contributed by atoms with van der Waals surface area (Å²) < 4.78 is 48.4. The summed E-state index contributed by atoms with van der Waals surface area (Å²) in [7, 11) is 0. The SMILES string of the molecule is CCOC(O)c1sc(NC(=O)OC(C)(C)C)nc1C(F)(F)F. The lowest BCUT2D eigenvalue weighted by Crippen LogP contribution is -2.27. The molecule has 6 nitrogen and oxygen atoms in total. The number of nitrogens with zero attached hydrogens (tertiary/aromatic N) is 1. The van der Waals surface area contributed by atoms with Crippen LogP contribution in [-0.4, -0.2) is 28.4 Å². The molecule has 1 aromatic heterocycles. The summed E-state index contributed by atoms with van der Waals surface area (Å²) in [6.45, 7) is 6.38. The monoisotopic (exact) mass is 342 g/mol. The van der Waals surface area contributed by atoms with Crippen LogP contribution in [0.5, 0.6) is 0 Å². The molecule has 10 heteroatoms. The number of alkyl halides is 3. The molecule has 0 bridgehead atoms. The van der Waals surface area contributed by atoms with Crippen LogP contribution >= 0.6 is 11.3 Å². The molecule has 0 aromatic carbocycles. The Morgan fingerprint density at radius 3 is 2.45 bits per heavy atom. The van der Waals surface area contributed by atoms with E-state index >= 15 is 0 Å². The highest BCUT2D eigenvalue weighted by molar-refractivity contribution is 7.16. The molecule has 126 valence electrons. The maximum absolute atomic E-state index is 12.9. The van der Waals surface area contributed by atoms with Crippen molar-refractivity contribution < 1.29 is 32.5 Å². The highest BCUT2D eigenvalue weighted by Crippen LogP contribution is 2.39. The lowest BCUT2D eigenvalue weighted by atomic mass is 10.2. The van der Waals surface area contributed by atoms with E-state index in [9.17, 15) is 23.1 Å². The van der Waals surface area contributed by atoms with Crippen LogP contribution in [0.25, 0.3) is 0 Å². The molecule has 1 rings (SSSR count). The minimum absolute atomic E-state index is 0.0190.